The highest BCUT2D eigenvalue weighted by Crippen LogP contribution is 2.24. The number of anilines is 1. The topological polar surface area (TPSA) is 82.1 Å². The lowest BCUT2D eigenvalue weighted by Gasteiger charge is -2.11. The second kappa shape index (κ2) is 6.06. The summed E-state index contributed by atoms with van der Waals surface area (Å²) in [5.74, 6) is 0.984. The summed E-state index contributed by atoms with van der Waals surface area (Å²) in [6, 6.07) is 12.4. The van der Waals surface area contributed by atoms with Crippen molar-refractivity contribution in [2.75, 3.05) is 11.9 Å². The number of aromatic nitrogens is 1. The molecule has 0 radical (unpaired) electrons. The van der Waals surface area contributed by atoms with Crippen LogP contribution in [-0.4, -0.2) is 16.6 Å². The monoisotopic (exact) mass is 313 g/mol. The number of nitrogens with one attached hydrogen (secondary N) is 1. The first-order valence-electron chi connectivity index (χ1n) is 6.63. The molecular formula is C16H12ClN3O2. The van der Waals surface area contributed by atoms with Gasteiger partial charge < -0.3 is 14.8 Å². The summed E-state index contributed by atoms with van der Waals surface area (Å²) in [7, 11) is 0. The molecule has 0 spiro atoms. The number of hydrogen-bond donors (Lipinski definition) is 2. The van der Waals surface area contributed by atoms with E-state index in [-0.39, 0.29) is 6.54 Å². The zero-order valence-corrected chi connectivity index (χ0v) is 12.2. The minimum absolute atomic E-state index is 0.227. The third-order valence-electron chi connectivity index (χ3n) is 3.24. The predicted molar refractivity (Wildman–Crippen MR) is 83.6 cm³/mol. The molecule has 0 aliphatic carbocycles. The van der Waals surface area contributed by atoms with Crippen LogP contribution in [-0.2, 0) is 0 Å². The maximum Gasteiger partial charge on any atom is 0.134 e. The molecule has 0 saturated carbocycles. The van der Waals surface area contributed by atoms with Crippen LogP contribution in [0.5, 0.6) is 0 Å². The zero-order valence-electron chi connectivity index (χ0n) is 11.5. The molecule has 2 N–H and O–H groups in total. The van der Waals surface area contributed by atoms with Gasteiger partial charge in [-0.15, -0.1) is 0 Å². The molecule has 0 amide bonds. The minimum atomic E-state index is -0.789. The van der Waals surface area contributed by atoms with E-state index in [0.29, 0.717) is 33.1 Å². The maximum absolute atomic E-state index is 9.98. The molecule has 3 aromatic rings. The maximum atomic E-state index is 9.98. The van der Waals surface area contributed by atoms with Gasteiger partial charge in [0, 0.05) is 17.0 Å². The summed E-state index contributed by atoms with van der Waals surface area (Å²) < 4.78 is 5.13. The van der Waals surface area contributed by atoms with Crippen molar-refractivity contribution in [2.24, 2.45) is 0 Å². The Balaban J connectivity index is 1.85. The Labute approximate surface area is 131 Å². The van der Waals surface area contributed by atoms with E-state index >= 15 is 0 Å². The van der Waals surface area contributed by atoms with E-state index in [0.717, 1.165) is 0 Å². The Morgan fingerprint density at radius 1 is 1.36 bits per heavy atom. The molecule has 0 fully saturated rings. The van der Waals surface area contributed by atoms with E-state index in [1.54, 1.807) is 36.4 Å². The van der Waals surface area contributed by atoms with Gasteiger partial charge >= 0.3 is 0 Å². The number of fused-ring (bicyclic) bond motifs is 1. The van der Waals surface area contributed by atoms with Crippen molar-refractivity contribution in [3.63, 3.8) is 0 Å². The van der Waals surface area contributed by atoms with Gasteiger partial charge in [0.25, 0.3) is 0 Å². The third-order valence-corrected chi connectivity index (χ3v) is 3.47. The van der Waals surface area contributed by atoms with Crippen molar-refractivity contribution in [3.05, 3.63) is 59.0 Å². The van der Waals surface area contributed by atoms with Gasteiger partial charge in [0.2, 0.25) is 0 Å². The molecule has 22 heavy (non-hydrogen) atoms. The number of halogens is 1. The van der Waals surface area contributed by atoms with Crippen LogP contribution < -0.4 is 5.32 Å². The van der Waals surface area contributed by atoms with E-state index < -0.39 is 6.10 Å². The molecule has 1 aromatic carbocycles. The Kier molecular flexibility index (Phi) is 3.96. The highest BCUT2D eigenvalue weighted by atomic mass is 35.5. The first-order valence-corrected chi connectivity index (χ1v) is 7.01. The average Bonchev–Trinajstić information content (AvgIpc) is 3.06. The molecule has 5 nitrogen and oxygen atoms in total. The third kappa shape index (κ3) is 2.89. The lowest BCUT2D eigenvalue weighted by atomic mass is 10.1. The molecular weight excluding hydrogens is 302 g/mol. The van der Waals surface area contributed by atoms with E-state index in [2.05, 4.69) is 16.4 Å². The number of nitriles is 1. The van der Waals surface area contributed by atoms with Crippen LogP contribution in [0.2, 0.25) is 5.02 Å². The van der Waals surface area contributed by atoms with E-state index in [4.69, 9.17) is 16.0 Å². The molecule has 0 saturated heterocycles. The van der Waals surface area contributed by atoms with Gasteiger partial charge in [-0.1, -0.05) is 11.6 Å². The van der Waals surface area contributed by atoms with Crippen LogP contribution in [0.1, 0.15) is 17.4 Å². The van der Waals surface area contributed by atoms with Crippen molar-refractivity contribution in [2.45, 2.75) is 6.10 Å². The highest BCUT2D eigenvalue weighted by molar-refractivity contribution is 6.31. The van der Waals surface area contributed by atoms with Crippen LogP contribution in [0.25, 0.3) is 10.9 Å². The van der Waals surface area contributed by atoms with E-state index in [1.165, 1.54) is 6.26 Å². The fourth-order valence-corrected chi connectivity index (χ4v) is 2.34. The van der Waals surface area contributed by atoms with Crippen molar-refractivity contribution < 1.29 is 9.52 Å². The lowest BCUT2D eigenvalue weighted by Crippen LogP contribution is -2.12. The van der Waals surface area contributed by atoms with Gasteiger partial charge in [-0.25, -0.2) is 4.98 Å². The van der Waals surface area contributed by atoms with Crippen LogP contribution >= 0.6 is 11.6 Å². The number of benzene rings is 1. The molecule has 3 rings (SSSR count). The highest BCUT2D eigenvalue weighted by Gasteiger charge is 2.11. The van der Waals surface area contributed by atoms with Gasteiger partial charge in [0.1, 0.15) is 17.7 Å². The smallest absolute Gasteiger partial charge is 0.134 e. The van der Waals surface area contributed by atoms with Crippen molar-refractivity contribution in [1.82, 2.24) is 4.98 Å². The molecule has 1 unspecified atom stereocenters. The normalized spacial score (nSPS) is 12.0. The summed E-state index contributed by atoms with van der Waals surface area (Å²) >= 11 is 5.95. The molecule has 0 aliphatic rings. The Morgan fingerprint density at radius 3 is 2.95 bits per heavy atom. The first-order chi connectivity index (χ1) is 10.7. The van der Waals surface area contributed by atoms with Crippen molar-refractivity contribution in [1.29, 1.82) is 5.26 Å². The Bertz CT molecular complexity index is 840. The number of aliphatic hydroxyl groups excluding tert-OH is 1. The summed E-state index contributed by atoms with van der Waals surface area (Å²) in [6.07, 6.45) is 0.716. The average molecular weight is 314 g/mol. The molecule has 0 bridgehead atoms. The molecule has 2 aromatic heterocycles. The molecule has 0 aliphatic heterocycles. The number of hydrogen-bond acceptors (Lipinski definition) is 5. The minimum Gasteiger partial charge on any atom is -0.467 e. The second-order valence-corrected chi connectivity index (χ2v) is 5.18. The summed E-state index contributed by atoms with van der Waals surface area (Å²) in [4.78, 5) is 4.42. The summed E-state index contributed by atoms with van der Waals surface area (Å²) in [5, 5.41) is 23.5. The largest absolute Gasteiger partial charge is 0.467 e. The van der Waals surface area contributed by atoms with Crippen LogP contribution in [0.15, 0.2) is 47.1 Å². The Hall–Kier alpha value is -2.55. The van der Waals surface area contributed by atoms with E-state index in [9.17, 15) is 10.4 Å². The fraction of sp³-hybridized carbons (Fsp3) is 0.125. The molecule has 6 heteroatoms. The predicted octanol–water partition coefficient (Wildman–Crippen LogP) is 3.50. The number of furan rings is 1. The van der Waals surface area contributed by atoms with Crippen LogP contribution in [0.4, 0.5) is 5.82 Å². The number of aliphatic hydroxyl groups is 1. The van der Waals surface area contributed by atoms with Gasteiger partial charge in [-0.05, 0) is 36.4 Å². The second-order valence-electron chi connectivity index (χ2n) is 4.74. The van der Waals surface area contributed by atoms with Gasteiger partial charge in [0.05, 0.1) is 23.4 Å². The van der Waals surface area contributed by atoms with Gasteiger partial charge in [-0.2, -0.15) is 5.26 Å². The Morgan fingerprint density at radius 2 is 2.23 bits per heavy atom. The van der Waals surface area contributed by atoms with Crippen molar-refractivity contribution >= 4 is 28.3 Å². The standard InChI is InChI=1S/C16H12ClN3O2/c17-11-3-4-13-12(7-11)10(8-18)6-16(20-13)19-9-14(21)15-2-1-5-22-15/h1-7,14,21H,9H2,(H,19,20). The van der Waals surface area contributed by atoms with Gasteiger partial charge in [0.15, 0.2) is 0 Å². The molecule has 2 heterocycles. The number of rotatable bonds is 4. The van der Waals surface area contributed by atoms with Crippen molar-refractivity contribution in [3.8, 4) is 6.07 Å². The first kappa shape index (κ1) is 14.4. The van der Waals surface area contributed by atoms with Crippen LogP contribution in [0.3, 0.4) is 0 Å². The van der Waals surface area contributed by atoms with E-state index in [1.807, 2.05) is 0 Å². The molecule has 1 atom stereocenters. The van der Waals surface area contributed by atoms with Crippen LogP contribution in [0, 0.1) is 11.3 Å². The fourth-order valence-electron chi connectivity index (χ4n) is 2.16. The number of nitrogens with zero attached hydrogens (tertiary/aromatic N) is 2. The number of pyridine rings is 1. The SMILES string of the molecule is N#Cc1cc(NCC(O)c2ccco2)nc2ccc(Cl)cc12. The molecule has 110 valence electrons. The summed E-state index contributed by atoms with van der Waals surface area (Å²) in [6.45, 7) is 0.227. The van der Waals surface area contributed by atoms with Gasteiger partial charge in [-0.3, -0.25) is 0 Å². The zero-order chi connectivity index (χ0) is 15.5. The lowest BCUT2D eigenvalue weighted by molar-refractivity contribution is 0.162. The summed E-state index contributed by atoms with van der Waals surface area (Å²) in [5.41, 5.74) is 1.14. The quantitative estimate of drug-likeness (QED) is 0.770.